The second kappa shape index (κ2) is 10.6. The smallest absolute Gasteiger partial charge is 0.0160 e. The van der Waals surface area contributed by atoms with Crippen LogP contribution >= 0.6 is 0 Å². The molecule has 0 saturated carbocycles. The van der Waals surface area contributed by atoms with E-state index in [0.717, 1.165) is 34.0 Å². The van der Waals surface area contributed by atoms with Crippen LogP contribution < -0.4 is 0 Å². The monoisotopic (exact) mass is 585 g/mol. The number of rotatable bonds is 3. The molecule has 0 N–H and O–H groups in total. The average Bonchev–Trinajstić information content (AvgIpc) is 3.44. The van der Waals surface area contributed by atoms with Gasteiger partial charge in [0.2, 0.25) is 0 Å². The van der Waals surface area contributed by atoms with Crippen LogP contribution in [0, 0.1) is 26.0 Å². The summed E-state index contributed by atoms with van der Waals surface area (Å²) in [6.07, 6.45) is 5.65. The predicted molar refractivity (Wildman–Crippen MR) is 119 cm³/mol. The molecule has 6 heteroatoms. The first-order valence-electron chi connectivity index (χ1n) is 9.65. The van der Waals surface area contributed by atoms with Gasteiger partial charge in [-0.25, -0.2) is 0 Å². The van der Waals surface area contributed by atoms with Crippen LogP contribution in [-0.2, 0) is 20.1 Å². The molecule has 1 radical (unpaired) electrons. The summed E-state index contributed by atoms with van der Waals surface area (Å²) in [7, 11) is 0. The first kappa shape index (κ1) is 22.3. The van der Waals surface area contributed by atoms with E-state index < -0.39 is 0 Å². The van der Waals surface area contributed by atoms with Gasteiger partial charge in [0.25, 0.3) is 0 Å². The zero-order valence-corrected chi connectivity index (χ0v) is 19.8. The molecule has 5 nitrogen and oxygen atoms in total. The van der Waals surface area contributed by atoms with Crippen molar-refractivity contribution < 1.29 is 20.1 Å². The number of nitrogens with zero attached hydrogens (tertiary/aromatic N) is 5. The number of aromatic nitrogens is 5. The van der Waals surface area contributed by atoms with Crippen molar-refractivity contribution in [3.05, 3.63) is 115 Å². The minimum Gasteiger partial charge on any atom is -0.305 e. The van der Waals surface area contributed by atoms with E-state index in [1.54, 1.807) is 6.20 Å². The molecular formula is C25H22IrN5. The van der Waals surface area contributed by atoms with Crippen LogP contribution in [0.2, 0.25) is 0 Å². The summed E-state index contributed by atoms with van der Waals surface area (Å²) in [5.41, 5.74) is 5.81. The molecule has 5 aromatic rings. The van der Waals surface area contributed by atoms with E-state index in [0.29, 0.717) is 0 Å². The van der Waals surface area contributed by atoms with E-state index in [1.807, 2.05) is 108 Å². The molecule has 0 saturated heterocycles. The first-order valence-corrected chi connectivity index (χ1v) is 9.65. The molecule has 0 bridgehead atoms. The summed E-state index contributed by atoms with van der Waals surface area (Å²) < 4.78 is 3.63. The van der Waals surface area contributed by atoms with Crippen LogP contribution in [0.1, 0.15) is 11.4 Å². The van der Waals surface area contributed by atoms with Crippen LogP contribution in [0.4, 0.5) is 0 Å². The maximum Gasteiger partial charge on any atom is 0.0160 e. The summed E-state index contributed by atoms with van der Waals surface area (Å²) in [4.78, 5) is 4.22. The molecule has 0 aliphatic heterocycles. The summed E-state index contributed by atoms with van der Waals surface area (Å²) in [5, 5.41) is 8.75. The van der Waals surface area contributed by atoms with E-state index in [1.165, 1.54) is 0 Å². The standard InChI is InChI=1S/C14H13N4.C11H8N.Ir.H/c1-11-6-8-17(15-11)13-4-3-5-14(10-13)18-9-7-12(2)16-18;1-2-6-10(7-3-1)11-8-4-5-9-12-11;;/h3-9H,1-2H3;1-6,8-9H;;/q2*-1;+2;. The topological polar surface area (TPSA) is 48.5 Å². The predicted octanol–water partition coefficient (Wildman–Crippen LogP) is 4.75. The zero-order valence-electron chi connectivity index (χ0n) is 17.2. The SMILES string of the molecule is Cc1ccn(-c2[c-]c(-n3ccc(C)n3)ccc2)n1.[IrH+2].[c-]1ccccc1-c1ccccn1. The Kier molecular flexibility index (Phi) is 7.65. The summed E-state index contributed by atoms with van der Waals surface area (Å²) in [5.74, 6) is 0. The van der Waals surface area contributed by atoms with Crippen LogP contribution in [0.3, 0.4) is 0 Å². The van der Waals surface area contributed by atoms with E-state index in [4.69, 9.17) is 0 Å². The molecule has 3 heterocycles. The number of aryl methyl sites for hydroxylation is 2. The molecule has 0 fully saturated rings. The second-order valence-corrected chi connectivity index (χ2v) is 6.72. The molecule has 0 spiro atoms. The van der Waals surface area contributed by atoms with Crippen LogP contribution in [0.15, 0.2) is 91.4 Å². The van der Waals surface area contributed by atoms with Crippen LogP contribution in [0.5, 0.6) is 0 Å². The fourth-order valence-corrected chi connectivity index (χ4v) is 2.89. The Balaban J connectivity index is 0.000000183. The Labute approximate surface area is 195 Å². The number of hydrogen-bond donors (Lipinski definition) is 0. The van der Waals surface area contributed by atoms with Gasteiger partial charge in [0, 0.05) is 18.6 Å². The van der Waals surface area contributed by atoms with Gasteiger partial charge >= 0.3 is 20.1 Å². The molecule has 2 aromatic carbocycles. The van der Waals surface area contributed by atoms with E-state index in [2.05, 4.69) is 27.3 Å². The molecule has 31 heavy (non-hydrogen) atoms. The summed E-state index contributed by atoms with van der Waals surface area (Å²) in [6, 6.07) is 30.0. The summed E-state index contributed by atoms with van der Waals surface area (Å²) in [6.45, 7) is 3.94. The van der Waals surface area contributed by atoms with Crippen LogP contribution in [-0.4, -0.2) is 24.5 Å². The van der Waals surface area contributed by atoms with E-state index in [-0.39, 0.29) is 20.1 Å². The normalized spacial score (nSPS) is 10.0. The first-order chi connectivity index (χ1) is 14.7. The van der Waals surface area contributed by atoms with Crippen molar-refractivity contribution in [2.75, 3.05) is 0 Å². The van der Waals surface area contributed by atoms with Crippen molar-refractivity contribution in [2.45, 2.75) is 13.8 Å². The van der Waals surface area contributed by atoms with Gasteiger partial charge in [0.15, 0.2) is 0 Å². The van der Waals surface area contributed by atoms with Gasteiger partial charge in [-0.05, 0) is 49.1 Å². The largest absolute Gasteiger partial charge is 0.305 e. The molecule has 0 atom stereocenters. The fourth-order valence-electron chi connectivity index (χ4n) is 2.89. The van der Waals surface area contributed by atoms with Crippen LogP contribution in [0.25, 0.3) is 22.6 Å². The minimum absolute atomic E-state index is 0. The third kappa shape index (κ3) is 5.85. The Hall–Kier alpha value is -3.34. The molecule has 5 rings (SSSR count). The minimum atomic E-state index is 0. The zero-order chi connectivity index (χ0) is 20.8. The molecule has 0 aliphatic carbocycles. The van der Waals surface area contributed by atoms with Gasteiger partial charge in [-0.2, -0.15) is 16.3 Å². The maximum absolute atomic E-state index is 4.38. The van der Waals surface area contributed by atoms with Gasteiger partial charge in [-0.3, -0.25) is 9.36 Å². The van der Waals surface area contributed by atoms with Crippen molar-refractivity contribution in [3.8, 4) is 22.6 Å². The third-order valence-electron chi connectivity index (χ3n) is 4.35. The Morgan fingerprint density at radius 3 is 1.84 bits per heavy atom. The van der Waals surface area contributed by atoms with Crippen molar-refractivity contribution in [1.82, 2.24) is 24.5 Å². The number of benzene rings is 2. The van der Waals surface area contributed by atoms with E-state index >= 15 is 0 Å². The fraction of sp³-hybridized carbons (Fsp3) is 0.0800. The molecule has 0 aliphatic rings. The van der Waals surface area contributed by atoms with Crippen molar-refractivity contribution in [2.24, 2.45) is 0 Å². The third-order valence-corrected chi connectivity index (χ3v) is 4.35. The Morgan fingerprint density at radius 2 is 1.35 bits per heavy atom. The molecule has 0 unspecified atom stereocenters. The Morgan fingerprint density at radius 1 is 0.710 bits per heavy atom. The molecular weight excluding hydrogens is 563 g/mol. The van der Waals surface area contributed by atoms with Crippen molar-refractivity contribution in [1.29, 1.82) is 0 Å². The molecule has 0 amide bonds. The van der Waals surface area contributed by atoms with Crippen molar-refractivity contribution >= 4 is 0 Å². The molecule has 156 valence electrons. The number of hydrogen-bond acceptors (Lipinski definition) is 3. The van der Waals surface area contributed by atoms with Gasteiger partial charge in [-0.1, -0.05) is 12.1 Å². The van der Waals surface area contributed by atoms with Gasteiger partial charge in [0.05, 0.1) is 11.4 Å². The van der Waals surface area contributed by atoms with Gasteiger partial charge in [0.1, 0.15) is 0 Å². The Bertz CT molecular complexity index is 1120. The number of pyridine rings is 1. The van der Waals surface area contributed by atoms with Crippen molar-refractivity contribution in [3.63, 3.8) is 0 Å². The average molecular weight is 585 g/mol. The maximum atomic E-state index is 4.38. The molecule has 3 aromatic heterocycles. The quantitative estimate of drug-likeness (QED) is 0.288. The van der Waals surface area contributed by atoms with Gasteiger partial charge < -0.3 is 4.98 Å². The summed E-state index contributed by atoms with van der Waals surface area (Å²) >= 11 is 0. The van der Waals surface area contributed by atoms with E-state index in [9.17, 15) is 0 Å². The second-order valence-electron chi connectivity index (χ2n) is 6.72. The van der Waals surface area contributed by atoms with Gasteiger partial charge in [-0.15, -0.1) is 54.1 Å².